The van der Waals surface area contributed by atoms with E-state index in [1.807, 2.05) is 0 Å². The van der Waals surface area contributed by atoms with Crippen molar-refractivity contribution in [2.24, 2.45) is 34.4 Å². The van der Waals surface area contributed by atoms with E-state index in [9.17, 15) is 40.9 Å². The molecule has 2 heterocycles. The molecule has 2 saturated heterocycles. The maximum absolute atomic E-state index is 10.8. The summed E-state index contributed by atoms with van der Waals surface area (Å²) in [5.74, 6) is 0. The van der Waals surface area contributed by atoms with Crippen molar-refractivity contribution in [3.63, 3.8) is 0 Å². The highest BCUT2D eigenvalue weighted by Crippen LogP contribution is 2.31. The summed E-state index contributed by atoms with van der Waals surface area (Å²) in [5.41, 5.74) is 36.4. The molecule has 264 valence electrons. The third kappa shape index (κ3) is 7.76. The SMILES string of the molecule is NC1C[C@@H](N)[C@@H](O)C(O)[C@@H]1O[C@H]1OC(CO)[C@@H](O)[C@H](OCO[C@H]2C(N)[C@H](O[C@H]3C(N)C[C@H](N)C(O)[C@@H]3O)OC(CO)[C@@H]2O)C1N. The van der Waals surface area contributed by atoms with Crippen LogP contribution in [0.3, 0.4) is 0 Å². The minimum absolute atomic E-state index is 0.123. The van der Waals surface area contributed by atoms with Crippen LogP contribution in [0.15, 0.2) is 0 Å². The van der Waals surface area contributed by atoms with E-state index in [-0.39, 0.29) is 12.8 Å². The van der Waals surface area contributed by atoms with Gasteiger partial charge in [-0.3, -0.25) is 0 Å². The Labute approximate surface area is 259 Å². The van der Waals surface area contributed by atoms with Gasteiger partial charge in [0.25, 0.3) is 0 Å². The third-order valence-corrected chi connectivity index (χ3v) is 9.09. The largest absolute Gasteiger partial charge is 0.394 e. The van der Waals surface area contributed by atoms with Crippen LogP contribution in [0.1, 0.15) is 12.8 Å². The van der Waals surface area contributed by atoms with Crippen LogP contribution in [-0.4, -0.2) is 183 Å². The van der Waals surface area contributed by atoms with Crippen LogP contribution >= 0.6 is 0 Å². The average Bonchev–Trinajstić information content (AvgIpc) is 3.00. The van der Waals surface area contributed by atoms with Crippen LogP contribution in [0.2, 0.25) is 0 Å². The first kappa shape index (κ1) is 37.0. The molecule has 0 spiro atoms. The Kier molecular flexibility index (Phi) is 12.8. The summed E-state index contributed by atoms with van der Waals surface area (Å²) < 4.78 is 34.3. The number of aliphatic hydroxyl groups is 8. The maximum atomic E-state index is 10.8. The van der Waals surface area contributed by atoms with E-state index in [1.54, 1.807) is 0 Å². The number of hydrogen-bond acceptors (Lipinski definition) is 20. The Morgan fingerprint density at radius 3 is 1.18 bits per heavy atom. The van der Waals surface area contributed by atoms with Gasteiger partial charge in [-0.1, -0.05) is 0 Å². The Balaban J connectivity index is 1.41. The van der Waals surface area contributed by atoms with Gasteiger partial charge in [-0.25, -0.2) is 0 Å². The molecule has 0 aromatic heterocycles. The molecule has 2 aliphatic carbocycles. The number of aliphatic hydroxyl groups excluding tert-OH is 8. The molecule has 4 fully saturated rings. The van der Waals surface area contributed by atoms with Gasteiger partial charge < -0.3 is 104 Å². The number of rotatable bonds is 10. The molecule has 4 aliphatic rings. The molecule has 0 radical (unpaired) electrons. The van der Waals surface area contributed by atoms with Crippen LogP contribution < -0.4 is 34.4 Å². The fraction of sp³-hybridized carbons (Fsp3) is 1.00. The third-order valence-electron chi connectivity index (χ3n) is 9.09. The minimum Gasteiger partial charge on any atom is -0.394 e. The fourth-order valence-electron chi connectivity index (χ4n) is 6.29. The van der Waals surface area contributed by atoms with Gasteiger partial charge in [-0.05, 0) is 12.8 Å². The van der Waals surface area contributed by atoms with Crippen molar-refractivity contribution < 1.29 is 69.3 Å². The molecule has 20 atom stereocenters. The smallest absolute Gasteiger partial charge is 0.176 e. The highest BCUT2D eigenvalue weighted by Gasteiger charge is 2.51. The Bertz CT molecular complexity index is 865. The summed E-state index contributed by atoms with van der Waals surface area (Å²) in [5, 5.41) is 82.6. The van der Waals surface area contributed by atoms with Crippen molar-refractivity contribution in [1.29, 1.82) is 0 Å². The summed E-state index contributed by atoms with van der Waals surface area (Å²) in [6.07, 6.45) is -18.5. The lowest BCUT2D eigenvalue weighted by atomic mass is 9.84. The molecule has 0 aromatic rings. The first-order valence-electron chi connectivity index (χ1n) is 14.9. The van der Waals surface area contributed by atoms with Gasteiger partial charge in [0.2, 0.25) is 0 Å². The van der Waals surface area contributed by atoms with Crippen LogP contribution in [0.25, 0.3) is 0 Å². The zero-order valence-electron chi connectivity index (χ0n) is 24.6. The van der Waals surface area contributed by atoms with Crippen LogP contribution in [0, 0.1) is 0 Å². The highest BCUT2D eigenvalue weighted by molar-refractivity contribution is 5.01. The van der Waals surface area contributed by atoms with E-state index in [0.29, 0.717) is 0 Å². The van der Waals surface area contributed by atoms with Crippen LogP contribution in [-0.2, 0) is 28.4 Å². The summed E-state index contributed by atoms with van der Waals surface area (Å²) in [6.45, 7) is -1.98. The molecule has 2 aliphatic heterocycles. The fourth-order valence-corrected chi connectivity index (χ4v) is 6.29. The summed E-state index contributed by atoms with van der Waals surface area (Å²) >= 11 is 0. The second-order valence-corrected chi connectivity index (χ2v) is 12.3. The average molecular weight is 659 g/mol. The van der Waals surface area contributed by atoms with Crippen molar-refractivity contribution in [3.8, 4) is 0 Å². The molecule has 0 amide bonds. The zero-order chi connectivity index (χ0) is 33.3. The number of ether oxygens (including phenoxy) is 6. The number of hydrogen-bond donors (Lipinski definition) is 14. The lowest BCUT2D eigenvalue weighted by Crippen LogP contribution is -2.68. The minimum atomic E-state index is -1.49. The molecule has 20 heteroatoms. The monoisotopic (exact) mass is 658 g/mol. The van der Waals surface area contributed by atoms with Gasteiger partial charge in [-0.2, -0.15) is 0 Å². The zero-order valence-corrected chi connectivity index (χ0v) is 24.6. The van der Waals surface area contributed by atoms with Crippen molar-refractivity contribution in [2.45, 2.75) is 135 Å². The van der Waals surface area contributed by atoms with E-state index in [2.05, 4.69) is 0 Å². The second kappa shape index (κ2) is 15.6. The van der Waals surface area contributed by atoms with Crippen LogP contribution in [0.5, 0.6) is 0 Å². The molecule has 20 N–H and O–H groups in total. The van der Waals surface area contributed by atoms with Gasteiger partial charge in [0.05, 0.1) is 37.5 Å². The predicted molar refractivity (Wildman–Crippen MR) is 149 cm³/mol. The highest BCUT2D eigenvalue weighted by atomic mass is 16.7. The van der Waals surface area contributed by atoms with Gasteiger partial charge >= 0.3 is 0 Å². The van der Waals surface area contributed by atoms with Gasteiger partial charge in [0.1, 0.15) is 67.8 Å². The topological polar surface area (TPSA) is 373 Å². The van der Waals surface area contributed by atoms with Crippen molar-refractivity contribution in [2.75, 3.05) is 20.0 Å². The molecule has 8 unspecified atom stereocenters. The number of nitrogens with two attached hydrogens (primary N) is 6. The molecule has 45 heavy (non-hydrogen) atoms. The standard InChI is InChI=1S/C25H50N6O14/c26-6-1-8(28)20(18(38)14(6)34)44-24-12(30)22(16(36)10(3-32)42-24)40-5-41-23-13(31)25(43-11(4-33)17(23)37)45-21-9(29)2-7(27)15(35)19(21)39/h6-25,32-39H,1-5,26-31H2/t6-,7+,8?,9?,10?,11?,12?,13?,14-,15?,16-,17+,18?,19+,20-,21+,22-,23+,24-,25+/m1/s1. The first-order valence-corrected chi connectivity index (χ1v) is 14.9. The molecular weight excluding hydrogens is 608 g/mol. The molecular formula is C25H50N6O14. The molecule has 4 rings (SSSR count). The Hall–Kier alpha value is -0.800. The molecule has 0 aromatic carbocycles. The molecule has 0 bridgehead atoms. The quantitative estimate of drug-likeness (QED) is 0.0968. The summed E-state index contributed by atoms with van der Waals surface area (Å²) in [7, 11) is 0. The van der Waals surface area contributed by atoms with E-state index in [0.717, 1.165) is 0 Å². The second-order valence-electron chi connectivity index (χ2n) is 12.3. The van der Waals surface area contributed by atoms with Gasteiger partial charge in [0.15, 0.2) is 12.6 Å². The lowest BCUT2D eigenvalue weighted by Gasteiger charge is -2.47. The molecule has 20 nitrogen and oxygen atoms in total. The normalized spacial score (nSPS) is 52.9. The first-order chi connectivity index (χ1) is 21.2. The van der Waals surface area contributed by atoms with Crippen molar-refractivity contribution in [3.05, 3.63) is 0 Å². The van der Waals surface area contributed by atoms with E-state index in [1.165, 1.54) is 0 Å². The van der Waals surface area contributed by atoms with Gasteiger partial charge in [0, 0.05) is 24.2 Å². The lowest BCUT2D eigenvalue weighted by molar-refractivity contribution is -0.320. The van der Waals surface area contributed by atoms with Crippen molar-refractivity contribution in [1.82, 2.24) is 0 Å². The predicted octanol–water partition coefficient (Wildman–Crippen LogP) is -9.14. The van der Waals surface area contributed by atoms with E-state index < -0.39 is 142 Å². The van der Waals surface area contributed by atoms with Crippen molar-refractivity contribution >= 4 is 0 Å². The summed E-state index contributed by atoms with van der Waals surface area (Å²) in [4.78, 5) is 0. The maximum Gasteiger partial charge on any atom is 0.176 e. The Morgan fingerprint density at radius 2 is 0.844 bits per heavy atom. The summed E-state index contributed by atoms with van der Waals surface area (Å²) in [6, 6.07) is -5.64. The molecule has 2 saturated carbocycles. The van der Waals surface area contributed by atoms with E-state index in [4.69, 9.17) is 62.8 Å². The van der Waals surface area contributed by atoms with E-state index >= 15 is 0 Å². The van der Waals surface area contributed by atoms with Crippen LogP contribution in [0.4, 0.5) is 0 Å². The van der Waals surface area contributed by atoms with Gasteiger partial charge in [-0.15, -0.1) is 0 Å². The Morgan fingerprint density at radius 1 is 0.489 bits per heavy atom.